The fraction of sp³-hybridized carbons (Fsp3) is 0.462. The predicted molar refractivity (Wildman–Crippen MR) is 64.8 cm³/mol. The quantitative estimate of drug-likeness (QED) is 0.522. The minimum absolute atomic E-state index is 0.773. The minimum atomic E-state index is -0.773. The average Bonchev–Trinajstić information content (AvgIpc) is 2.26. The molecule has 0 aliphatic heterocycles. The lowest BCUT2D eigenvalue weighted by atomic mass is 10.0. The molecule has 1 rings (SSSR count). The van der Waals surface area contributed by atoms with Crippen molar-refractivity contribution in [1.29, 1.82) is 0 Å². The molecule has 0 saturated carbocycles. The van der Waals surface area contributed by atoms with Crippen LogP contribution in [0.3, 0.4) is 0 Å². The van der Waals surface area contributed by atoms with Crippen molar-refractivity contribution >= 4 is 8.40 Å². The third-order valence-corrected chi connectivity index (χ3v) is 4.89. The lowest BCUT2D eigenvalue weighted by Gasteiger charge is -2.12. The van der Waals surface area contributed by atoms with Crippen LogP contribution in [0.4, 0.5) is 0 Å². The van der Waals surface area contributed by atoms with Gasteiger partial charge in [-0.25, -0.2) is 0 Å². The molecule has 14 heavy (non-hydrogen) atoms. The second-order valence-electron chi connectivity index (χ2n) is 3.43. The molecule has 0 spiro atoms. The Morgan fingerprint density at radius 1 is 1.21 bits per heavy atom. The number of rotatable bonds is 3. The Bertz CT molecular complexity index is 358. The van der Waals surface area contributed by atoms with Gasteiger partial charge in [0.05, 0.1) is 0 Å². The molecule has 0 fully saturated rings. The van der Waals surface area contributed by atoms with E-state index < -0.39 is 8.40 Å². The first kappa shape index (κ1) is 11.2. The van der Waals surface area contributed by atoms with E-state index in [1.54, 1.807) is 10.7 Å². The molecule has 1 heteroatoms. The molecule has 0 saturated heterocycles. The highest BCUT2D eigenvalue weighted by Gasteiger charge is 2.08. The van der Waals surface area contributed by atoms with Gasteiger partial charge in [0.25, 0.3) is 0 Å². The van der Waals surface area contributed by atoms with Crippen LogP contribution in [0, 0.1) is 12.0 Å². The Morgan fingerprint density at radius 3 is 2.36 bits per heavy atom. The Labute approximate surface area is 88.9 Å². The lowest BCUT2D eigenvalue weighted by Crippen LogP contribution is -2.08. The third-order valence-electron chi connectivity index (χ3n) is 2.77. The molecule has 0 amide bonds. The summed E-state index contributed by atoms with van der Waals surface area (Å²) < 4.78 is 0. The largest absolute Gasteiger partial charge is 0.133 e. The molecule has 0 N–H and O–H groups in total. The summed E-state index contributed by atoms with van der Waals surface area (Å²) >= 11 is 0. The van der Waals surface area contributed by atoms with Crippen molar-refractivity contribution in [2.75, 3.05) is 0 Å². The second-order valence-corrected chi connectivity index (χ2v) is 5.49. The van der Waals surface area contributed by atoms with Crippen LogP contribution >= 0.6 is 0 Å². The third kappa shape index (κ3) is 1.96. The number of aryl methyl sites for hydroxylation is 1. The van der Waals surface area contributed by atoms with Crippen molar-refractivity contribution in [2.24, 2.45) is 0 Å². The molecule has 0 aromatic carbocycles. The maximum atomic E-state index is 5.57. The van der Waals surface area contributed by atoms with Crippen molar-refractivity contribution in [2.45, 2.75) is 40.0 Å². The molecule has 1 aromatic rings. The second kappa shape index (κ2) is 5.12. The molecule has 0 aliphatic rings. The van der Waals surface area contributed by atoms with Crippen LogP contribution < -0.4 is 0 Å². The highest BCUT2D eigenvalue weighted by atomic mass is 28.2. The van der Waals surface area contributed by atoms with Gasteiger partial charge in [0, 0.05) is 0 Å². The van der Waals surface area contributed by atoms with E-state index in [9.17, 15) is 0 Å². The van der Waals surface area contributed by atoms with Crippen LogP contribution in [0.15, 0.2) is 11.7 Å². The van der Waals surface area contributed by atoms with E-state index in [4.69, 9.17) is 6.42 Å². The van der Waals surface area contributed by atoms with Crippen molar-refractivity contribution < 1.29 is 0 Å². The zero-order valence-corrected chi connectivity index (χ0v) is 10.4. The topological polar surface area (TPSA) is 0 Å². The van der Waals surface area contributed by atoms with E-state index in [0.717, 1.165) is 19.3 Å². The van der Waals surface area contributed by atoms with Gasteiger partial charge in [-0.3, -0.25) is 0 Å². The van der Waals surface area contributed by atoms with E-state index in [2.05, 4.69) is 38.1 Å². The molecule has 1 heterocycles. The summed E-state index contributed by atoms with van der Waals surface area (Å²) in [5.74, 6) is 0. The van der Waals surface area contributed by atoms with Gasteiger partial charge in [-0.05, 0) is 35.6 Å². The zero-order chi connectivity index (χ0) is 10.6. The van der Waals surface area contributed by atoms with E-state index in [-0.39, 0.29) is 0 Å². The average molecular weight is 202 g/mol. The first-order valence-corrected chi connectivity index (χ1v) is 6.96. The van der Waals surface area contributed by atoms with Gasteiger partial charge in [-0.1, -0.05) is 32.5 Å². The van der Waals surface area contributed by atoms with E-state index in [0.29, 0.717) is 0 Å². The van der Waals surface area contributed by atoms with E-state index >= 15 is 0 Å². The molecule has 0 bridgehead atoms. The Morgan fingerprint density at radius 2 is 1.93 bits per heavy atom. The lowest BCUT2D eigenvalue weighted by molar-refractivity contribution is 0.999. The first-order valence-electron chi connectivity index (χ1n) is 5.38. The summed E-state index contributed by atoms with van der Waals surface area (Å²) in [6, 6.07) is 2.26. The normalized spacial score (nSPS) is 9.86. The summed E-state index contributed by atoms with van der Waals surface area (Å²) in [7, 11) is -0.773. The standard InChI is InChI=1S/C13H18Si/c1-5-11-9-10-14(8-4)13(7-3)12(11)6-2/h4,9-10H,5-7H2,1-3H3. The van der Waals surface area contributed by atoms with Crippen molar-refractivity contribution in [3.8, 4) is 12.0 Å². The van der Waals surface area contributed by atoms with Crippen LogP contribution in [-0.2, 0) is 19.3 Å². The maximum Gasteiger partial charge on any atom is 0.133 e. The van der Waals surface area contributed by atoms with Gasteiger partial charge in [-0.2, -0.15) is 0 Å². The summed E-state index contributed by atoms with van der Waals surface area (Å²) in [6.07, 6.45) is 8.95. The smallest absolute Gasteiger partial charge is 0.122 e. The number of terminal acetylenes is 1. The summed E-state index contributed by atoms with van der Waals surface area (Å²) in [5.41, 5.74) is 8.26. The molecular weight excluding hydrogens is 184 g/mol. The van der Waals surface area contributed by atoms with Crippen molar-refractivity contribution in [1.82, 2.24) is 0 Å². The zero-order valence-electron chi connectivity index (χ0n) is 9.35. The van der Waals surface area contributed by atoms with Gasteiger partial charge in [0.2, 0.25) is 0 Å². The van der Waals surface area contributed by atoms with Crippen LogP contribution in [0.1, 0.15) is 37.1 Å². The van der Waals surface area contributed by atoms with Gasteiger partial charge in [-0.15, -0.1) is 12.0 Å². The Hall–Kier alpha value is -0.873. The monoisotopic (exact) mass is 202 g/mol. The molecule has 0 nitrogen and oxygen atoms in total. The summed E-state index contributed by atoms with van der Waals surface area (Å²) in [6.45, 7) is 6.67. The van der Waals surface area contributed by atoms with Gasteiger partial charge in [0.15, 0.2) is 0 Å². The fourth-order valence-corrected chi connectivity index (χ4v) is 3.94. The van der Waals surface area contributed by atoms with Gasteiger partial charge in [0.1, 0.15) is 8.40 Å². The predicted octanol–water partition coefficient (Wildman–Crippen LogP) is 2.84. The van der Waals surface area contributed by atoms with Crippen molar-refractivity contribution in [3.63, 3.8) is 0 Å². The summed E-state index contributed by atoms with van der Waals surface area (Å²) in [4.78, 5) is 0. The molecule has 0 atom stereocenters. The van der Waals surface area contributed by atoms with Gasteiger partial charge < -0.3 is 0 Å². The van der Waals surface area contributed by atoms with Crippen LogP contribution in [-0.4, -0.2) is 8.40 Å². The molecule has 1 aromatic heterocycles. The fourth-order valence-electron chi connectivity index (χ4n) is 2.05. The first-order chi connectivity index (χ1) is 6.78. The van der Waals surface area contributed by atoms with E-state index in [1.807, 2.05) is 0 Å². The van der Waals surface area contributed by atoms with Crippen LogP contribution in [0.2, 0.25) is 0 Å². The van der Waals surface area contributed by atoms with E-state index in [1.165, 1.54) is 5.56 Å². The van der Waals surface area contributed by atoms with Crippen molar-refractivity contribution in [3.05, 3.63) is 28.0 Å². The van der Waals surface area contributed by atoms with Gasteiger partial charge >= 0.3 is 0 Å². The van der Waals surface area contributed by atoms with Crippen LogP contribution in [0.5, 0.6) is 0 Å². The molecule has 0 aliphatic carbocycles. The summed E-state index contributed by atoms with van der Waals surface area (Å²) in [5, 5.41) is 1.55. The number of hydrogen-bond acceptors (Lipinski definition) is 0. The SMILES string of the molecule is C#C[si]1ccc(CC)c(CC)c1CC. The molecular formula is C13H18Si. The Balaban J connectivity index is 3.38. The number of hydrogen-bond donors (Lipinski definition) is 0. The van der Waals surface area contributed by atoms with Crippen LogP contribution in [0.25, 0.3) is 0 Å². The highest BCUT2D eigenvalue weighted by molar-refractivity contribution is 6.62. The minimum Gasteiger partial charge on any atom is -0.122 e. The maximum absolute atomic E-state index is 5.57. The molecule has 0 radical (unpaired) electrons. The Kier molecular flexibility index (Phi) is 4.10. The highest BCUT2D eigenvalue weighted by Crippen LogP contribution is 2.16. The molecule has 0 unspecified atom stereocenters. The molecule has 74 valence electrons.